The van der Waals surface area contributed by atoms with Crippen LogP contribution >= 0.6 is 0 Å². The monoisotopic (exact) mass is 353 g/mol. The Balaban J connectivity index is 1.92. The highest BCUT2D eigenvalue weighted by Crippen LogP contribution is 2.09. The van der Waals surface area contributed by atoms with Gasteiger partial charge in [-0.05, 0) is 48.7 Å². The highest BCUT2D eigenvalue weighted by molar-refractivity contribution is 5.99. The molecule has 5 heteroatoms. The number of carbonyl (C=O) groups is 2. The summed E-state index contributed by atoms with van der Waals surface area (Å²) >= 11 is 0. The molecule has 1 heterocycles. The van der Waals surface area contributed by atoms with Gasteiger partial charge in [-0.2, -0.15) is 0 Å². The van der Waals surface area contributed by atoms with Crippen molar-refractivity contribution >= 4 is 11.8 Å². The number of nitrogens with zero attached hydrogens (tertiary/aromatic N) is 2. The number of nitrogens with one attached hydrogen (secondary N) is 1. The molecule has 2 rings (SSSR count). The molecule has 26 heavy (non-hydrogen) atoms. The maximum Gasteiger partial charge on any atom is 0.253 e. The Morgan fingerprint density at radius 2 is 1.81 bits per heavy atom. The molecule has 0 aliphatic heterocycles. The fourth-order valence-corrected chi connectivity index (χ4v) is 2.64. The van der Waals surface area contributed by atoms with Crippen LogP contribution in [0.15, 0.2) is 48.8 Å². The van der Waals surface area contributed by atoms with E-state index in [0.29, 0.717) is 24.2 Å². The molecule has 0 aliphatic carbocycles. The number of rotatable bonds is 9. The number of aromatic nitrogens is 1. The van der Waals surface area contributed by atoms with Crippen molar-refractivity contribution in [2.75, 3.05) is 20.1 Å². The van der Waals surface area contributed by atoms with Crippen molar-refractivity contribution in [2.24, 2.45) is 0 Å². The van der Waals surface area contributed by atoms with E-state index in [9.17, 15) is 9.59 Å². The molecule has 0 aliphatic rings. The van der Waals surface area contributed by atoms with Crippen molar-refractivity contribution in [1.82, 2.24) is 15.2 Å². The van der Waals surface area contributed by atoms with Crippen LogP contribution in [-0.4, -0.2) is 41.8 Å². The van der Waals surface area contributed by atoms with Gasteiger partial charge < -0.3 is 10.2 Å². The summed E-state index contributed by atoms with van der Waals surface area (Å²) < 4.78 is 0. The number of hydrogen-bond acceptors (Lipinski definition) is 3. The molecule has 2 amide bonds. The summed E-state index contributed by atoms with van der Waals surface area (Å²) in [5.41, 5.74) is 2.19. The Labute approximate surface area is 155 Å². The Hall–Kier alpha value is -2.69. The first kappa shape index (κ1) is 19.6. The van der Waals surface area contributed by atoms with Crippen LogP contribution in [-0.2, 0) is 6.42 Å². The van der Waals surface area contributed by atoms with Gasteiger partial charge in [0.1, 0.15) is 0 Å². The largest absolute Gasteiger partial charge is 0.352 e. The fraction of sp³-hybridized carbons (Fsp3) is 0.381. The predicted octanol–water partition coefficient (Wildman–Crippen LogP) is 3.32. The lowest BCUT2D eigenvalue weighted by atomic mass is 10.1. The van der Waals surface area contributed by atoms with Crippen LogP contribution in [0.4, 0.5) is 0 Å². The van der Waals surface area contributed by atoms with Gasteiger partial charge in [0.2, 0.25) is 0 Å². The Morgan fingerprint density at radius 1 is 1.08 bits per heavy atom. The van der Waals surface area contributed by atoms with Gasteiger partial charge in [-0.15, -0.1) is 0 Å². The van der Waals surface area contributed by atoms with Gasteiger partial charge in [-0.3, -0.25) is 14.6 Å². The van der Waals surface area contributed by atoms with Gasteiger partial charge >= 0.3 is 0 Å². The average Bonchev–Trinajstić information content (AvgIpc) is 2.69. The third-order valence-corrected chi connectivity index (χ3v) is 4.27. The molecule has 0 spiro atoms. The summed E-state index contributed by atoms with van der Waals surface area (Å²) in [4.78, 5) is 30.5. The molecule has 0 radical (unpaired) electrons. The Morgan fingerprint density at radius 3 is 2.54 bits per heavy atom. The van der Waals surface area contributed by atoms with Crippen LogP contribution in [0, 0.1) is 0 Å². The summed E-state index contributed by atoms with van der Waals surface area (Å²) in [6.45, 7) is 3.40. The second kappa shape index (κ2) is 10.3. The van der Waals surface area contributed by atoms with E-state index in [1.165, 1.54) is 0 Å². The first-order valence-electron chi connectivity index (χ1n) is 9.14. The minimum Gasteiger partial charge on any atom is -0.352 e. The first-order chi connectivity index (χ1) is 12.6. The van der Waals surface area contributed by atoms with Gasteiger partial charge in [-0.25, -0.2) is 0 Å². The highest BCUT2D eigenvalue weighted by atomic mass is 16.2. The summed E-state index contributed by atoms with van der Waals surface area (Å²) in [7, 11) is 1.78. The number of hydrogen-bond donors (Lipinski definition) is 1. The van der Waals surface area contributed by atoms with E-state index < -0.39 is 0 Å². The summed E-state index contributed by atoms with van der Waals surface area (Å²) in [6.07, 6.45) is 7.45. The van der Waals surface area contributed by atoms with Crippen molar-refractivity contribution in [3.63, 3.8) is 0 Å². The summed E-state index contributed by atoms with van der Waals surface area (Å²) in [5.74, 6) is -0.213. The van der Waals surface area contributed by atoms with Crippen LogP contribution in [0.3, 0.4) is 0 Å². The Bertz CT molecular complexity index is 716. The number of likely N-dealkylation sites (N-methyl/N-ethyl adjacent to an activating group) is 1. The zero-order valence-corrected chi connectivity index (χ0v) is 15.6. The van der Waals surface area contributed by atoms with Crippen molar-refractivity contribution in [2.45, 2.75) is 32.6 Å². The molecule has 1 N–H and O–H groups in total. The van der Waals surface area contributed by atoms with E-state index in [4.69, 9.17) is 0 Å². The van der Waals surface area contributed by atoms with Crippen LogP contribution in [0.5, 0.6) is 0 Å². The molecular formula is C21H27N3O2. The molecule has 1 aromatic heterocycles. The third-order valence-electron chi connectivity index (χ3n) is 4.27. The van der Waals surface area contributed by atoms with Crippen molar-refractivity contribution in [1.29, 1.82) is 0 Å². The number of unbranched alkanes of at least 4 members (excludes halogenated alkanes) is 2. The lowest BCUT2D eigenvalue weighted by Crippen LogP contribution is -2.29. The molecule has 0 unspecified atom stereocenters. The molecule has 0 atom stereocenters. The lowest BCUT2D eigenvalue weighted by Gasteiger charge is -2.17. The number of benzene rings is 1. The van der Waals surface area contributed by atoms with Crippen molar-refractivity contribution < 1.29 is 9.59 Å². The SMILES string of the molecule is CCCCCNC(=O)c1cccc(C(=O)N(C)CCc2ccncc2)c1. The molecule has 2 aromatic rings. The number of amides is 2. The molecule has 0 saturated carbocycles. The maximum absolute atomic E-state index is 12.6. The van der Waals surface area contributed by atoms with Gasteiger partial charge in [0, 0.05) is 43.7 Å². The van der Waals surface area contributed by atoms with Crippen LogP contribution in [0.25, 0.3) is 0 Å². The van der Waals surface area contributed by atoms with E-state index in [0.717, 1.165) is 31.2 Å². The van der Waals surface area contributed by atoms with Gasteiger partial charge in [-0.1, -0.05) is 25.8 Å². The smallest absolute Gasteiger partial charge is 0.253 e. The zero-order valence-electron chi connectivity index (χ0n) is 15.6. The first-order valence-corrected chi connectivity index (χ1v) is 9.14. The predicted molar refractivity (Wildman–Crippen MR) is 103 cm³/mol. The molecule has 1 aromatic carbocycles. The van der Waals surface area contributed by atoms with E-state index in [2.05, 4.69) is 17.2 Å². The van der Waals surface area contributed by atoms with Crippen LogP contribution < -0.4 is 5.32 Å². The molecule has 0 bridgehead atoms. The van der Waals surface area contributed by atoms with E-state index in [-0.39, 0.29) is 11.8 Å². The third kappa shape index (κ3) is 5.99. The molecular weight excluding hydrogens is 326 g/mol. The molecule has 0 saturated heterocycles. The zero-order chi connectivity index (χ0) is 18.8. The normalized spacial score (nSPS) is 10.4. The summed E-state index contributed by atoms with van der Waals surface area (Å²) in [6, 6.07) is 10.8. The van der Waals surface area contributed by atoms with Crippen LogP contribution in [0.2, 0.25) is 0 Å². The second-order valence-corrected chi connectivity index (χ2v) is 6.38. The van der Waals surface area contributed by atoms with E-state index >= 15 is 0 Å². The van der Waals surface area contributed by atoms with Gasteiger partial charge in [0.25, 0.3) is 11.8 Å². The topological polar surface area (TPSA) is 62.3 Å². The lowest BCUT2D eigenvalue weighted by molar-refractivity contribution is 0.0796. The quantitative estimate of drug-likeness (QED) is 0.704. The van der Waals surface area contributed by atoms with E-state index in [1.807, 2.05) is 12.1 Å². The van der Waals surface area contributed by atoms with Crippen LogP contribution in [0.1, 0.15) is 52.5 Å². The Kier molecular flexibility index (Phi) is 7.80. The number of carbonyl (C=O) groups excluding carboxylic acids is 2. The van der Waals surface area contributed by atoms with Gasteiger partial charge in [0.15, 0.2) is 0 Å². The number of pyridine rings is 1. The minimum absolute atomic E-state index is 0.0836. The molecule has 138 valence electrons. The molecule has 0 fully saturated rings. The molecule has 5 nitrogen and oxygen atoms in total. The van der Waals surface area contributed by atoms with Crippen molar-refractivity contribution in [3.8, 4) is 0 Å². The minimum atomic E-state index is -0.129. The fourth-order valence-electron chi connectivity index (χ4n) is 2.64. The standard InChI is InChI=1S/C21H27N3O2/c1-3-4-5-12-23-20(25)18-7-6-8-19(16-18)21(26)24(2)15-11-17-9-13-22-14-10-17/h6-10,13-14,16H,3-5,11-12,15H2,1-2H3,(H,23,25). The summed E-state index contributed by atoms with van der Waals surface area (Å²) in [5, 5.41) is 2.91. The maximum atomic E-state index is 12.6. The van der Waals surface area contributed by atoms with Crippen molar-refractivity contribution in [3.05, 3.63) is 65.5 Å². The van der Waals surface area contributed by atoms with E-state index in [1.54, 1.807) is 48.6 Å². The second-order valence-electron chi connectivity index (χ2n) is 6.38. The highest BCUT2D eigenvalue weighted by Gasteiger charge is 2.14. The average molecular weight is 353 g/mol. The van der Waals surface area contributed by atoms with Gasteiger partial charge in [0.05, 0.1) is 0 Å².